The van der Waals surface area contributed by atoms with Gasteiger partial charge in [0.1, 0.15) is 5.60 Å². The average molecular weight is 285 g/mol. The van der Waals surface area contributed by atoms with Gasteiger partial charge in [0.2, 0.25) is 0 Å². The minimum absolute atomic E-state index is 0.0791. The number of ketones is 1. The first-order valence-corrected chi connectivity index (χ1v) is 7.17. The second-order valence-electron chi connectivity index (χ2n) is 7.06. The molecule has 116 valence electrons. The molecule has 0 aliphatic carbocycles. The molecule has 1 aliphatic heterocycles. The van der Waals surface area contributed by atoms with E-state index < -0.39 is 23.3 Å². The van der Waals surface area contributed by atoms with Crippen LogP contribution in [0.2, 0.25) is 0 Å². The molecular formula is C15H27NO4. The first-order chi connectivity index (χ1) is 8.95. The zero-order valence-electron chi connectivity index (χ0n) is 13.6. The smallest absolute Gasteiger partial charge is 0.408 e. The van der Waals surface area contributed by atoms with Gasteiger partial charge < -0.3 is 14.8 Å². The Morgan fingerprint density at radius 1 is 1.35 bits per heavy atom. The Morgan fingerprint density at radius 3 is 2.20 bits per heavy atom. The number of Topliss-reactive ketones (excluding diaryl/α,β-unsaturated/α-hetero) is 1. The molecule has 0 bridgehead atoms. The number of hydrogen-bond donors (Lipinski definition) is 1. The van der Waals surface area contributed by atoms with Gasteiger partial charge in [-0.1, -0.05) is 13.8 Å². The third-order valence-electron chi connectivity index (χ3n) is 3.34. The summed E-state index contributed by atoms with van der Waals surface area (Å²) in [5, 5.41) is 2.68. The highest BCUT2D eigenvalue weighted by molar-refractivity contribution is 5.96. The predicted octanol–water partition coefficient (Wildman–Crippen LogP) is 2.67. The maximum Gasteiger partial charge on any atom is 0.408 e. The molecule has 5 heteroatoms. The molecule has 0 aromatic carbocycles. The molecular weight excluding hydrogens is 258 g/mol. The average Bonchev–Trinajstić information content (AvgIpc) is 2.82. The van der Waals surface area contributed by atoms with E-state index in [0.29, 0.717) is 6.42 Å². The maximum atomic E-state index is 12.5. The van der Waals surface area contributed by atoms with E-state index in [2.05, 4.69) is 5.32 Å². The van der Waals surface area contributed by atoms with E-state index in [0.717, 1.165) is 0 Å². The number of amides is 1. The molecule has 0 aromatic heterocycles. The minimum Gasteiger partial charge on any atom is -0.444 e. The van der Waals surface area contributed by atoms with Crippen LogP contribution in [0.15, 0.2) is 0 Å². The Morgan fingerprint density at radius 2 is 1.85 bits per heavy atom. The number of ether oxygens (including phenoxy) is 2. The van der Waals surface area contributed by atoms with E-state index in [-0.39, 0.29) is 17.8 Å². The van der Waals surface area contributed by atoms with Crippen molar-refractivity contribution in [2.75, 3.05) is 0 Å². The van der Waals surface area contributed by atoms with Crippen molar-refractivity contribution in [2.45, 2.75) is 78.2 Å². The van der Waals surface area contributed by atoms with E-state index in [4.69, 9.17) is 9.47 Å². The first-order valence-electron chi connectivity index (χ1n) is 7.17. The molecule has 0 aromatic rings. The molecule has 0 unspecified atom stereocenters. The third-order valence-corrected chi connectivity index (χ3v) is 3.34. The lowest BCUT2D eigenvalue weighted by molar-refractivity contribution is -0.126. The first kappa shape index (κ1) is 17.0. The summed E-state index contributed by atoms with van der Waals surface area (Å²) in [5.41, 5.74) is -1.35. The zero-order chi connectivity index (χ0) is 15.7. The van der Waals surface area contributed by atoms with Crippen molar-refractivity contribution in [3.63, 3.8) is 0 Å². The van der Waals surface area contributed by atoms with Gasteiger partial charge in [0.25, 0.3) is 0 Å². The second-order valence-corrected chi connectivity index (χ2v) is 7.06. The number of carbonyl (C=O) groups is 2. The highest BCUT2D eigenvalue weighted by Crippen LogP contribution is 2.38. The Hall–Kier alpha value is -1.10. The standard InChI is InChI=1S/C15H27NO4/c1-9(2)8-11(12(17)15(7)10(3)19-15)16-13(18)20-14(4,5)6/h9-11H,8H2,1-7H3,(H,16,18)/t10-,11+,15-/m1/s1. The summed E-state index contributed by atoms with van der Waals surface area (Å²) < 4.78 is 10.6. The van der Waals surface area contributed by atoms with Crippen LogP contribution < -0.4 is 5.32 Å². The van der Waals surface area contributed by atoms with Crippen LogP contribution in [-0.2, 0) is 14.3 Å². The fraction of sp³-hybridized carbons (Fsp3) is 0.867. The molecule has 3 atom stereocenters. The summed E-state index contributed by atoms with van der Waals surface area (Å²) in [4.78, 5) is 24.3. The van der Waals surface area contributed by atoms with Crippen LogP contribution in [-0.4, -0.2) is 35.2 Å². The maximum absolute atomic E-state index is 12.5. The van der Waals surface area contributed by atoms with E-state index in [1.807, 2.05) is 20.8 Å². The largest absolute Gasteiger partial charge is 0.444 e. The van der Waals surface area contributed by atoms with Gasteiger partial charge in [-0.3, -0.25) is 4.79 Å². The van der Waals surface area contributed by atoms with Crippen LogP contribution in [0.1, 0.15) is 54.9 Å². The van der Waals surface area contributed by atoms with Gasteiger partial charge in [0.15, 0.2) is 11.4 Å². The summed E-state index contributed by atoms with van der Waals surface area (Å²) >= 11 is 0. The van der Waals surface area contributed by atoms with Gasteiger partial charge in [0, 0.05) is 0 Å². The van der Waals surface area contributed by atoms with Crippen molar-refractivity contribution in [1.82, 2.24) is 5.32 Å². The van der Waals surface area contributed by atoms with Gasteiger partial charge in [-0.2, -0.15) is 0 Å². The fourth-order valence-corrected chi connectivity index (χ4v) is 2.09. The molecule has 20 heavy (non-hydrogen) atoms. The van der Waals surface area contributed by atoms with Crippen LogP contribution in [0.4, 0.5) is 4.79 Å². The lowest BCUT2D eigenvalue weighted by atomic mass is 9.91. The number of rotatable bonds is 5. The Labute approximate surface area is 121 Å². The molecule has 1 rings (SSSR count). The summed E-state index contributed by atoms with van der Waals surface area (Å²) in [6.45, 7) is 13.0. The summed E-state index contributed by atoms with van der Waals surface area (Å²) in [6.07, 6.45) is -0.0810. The predicted molar refractivity (Wildman–Crippen MR) is 76.6 cm³/mol. The summed E-state index contributed by atoms with van der Waals surface area (Å²) in [5.74, 6) is 0.209. The molecule has 1 saturated heterocycles. The molecule has 0 radical (unpaired) electrons. The Bertz CT molecular complexity index is 386. The molecule has 0 saturated carbocycles. The molecule has 1 aliphatic rings. The Balaban J connectivity index is 2.70. The third kappa shape index (κ3) is 4.47. The van der Waals surface area contributed by atoms with Crippen LogP contribution in [0.25, 0.3) is 0 Å². The molecule has 1 heterocycles. The van der Waals surface area contributed by atoms with Gasteiger partial charge in [-0.25, -0.2) is 4.79 Å². The molecule has 5 nitrogen and oxygen atoms in total. The number of alkyl carbamates (subject to hydrolysis) is 1. The number of nitrogens with one attached hydrogen (secondary N) is 1. The van der Waals surface area contributed by atoms with Crippen molar-refractivity contribution in [2.24, 2.45) is 5.92 Å². The van der Waals surface area contributed by atoms with Crippen LogP contribution in [0.3, 0.4) is 0 Å². The van der Waals surface area contributed by atoms with Crippen molar-refractivity contribution >= 4 is 11.9 Å². The lowest BCUT2D eigenvalue weighted by Crippen LogP contribution is -2.48. The fourth-order valence-electron chi connectivity index (χ4n) is 2.09. The molecule has 1 amide bonds. The lowest BCUT2D eigenvalue weighted by Gasteiger charge is -2.25. The zero-order valence-corrected chi connectivity index (χ0v) is 13.6. The van der Waals surface area contributed by atoms with Gasteiger partial charge in [-0.15, -0.1) is 0 Å². The van der Waals surface area contributed by atoms with Crippen molar-refractivity contribution in [1.29, 1.82) is 0 Å². The molecule has 1 fully saturated rings. The van der Waals surface area contributed by atoms with Crippen molar-refractivity contribution in [3.8, 4) is 0 Å². The van der Waals surface area contributed by atoms with Crippen LogP contribution >= 0.6 is 0 Å². The van der Waals surface area contributed by atoms with Crippen molar-refractivity contribution in [3.05, 3.63) is 0 Å². The van der Waals surface area contributed by atoms with Gasteiger partial charge >= 0.3 is 6.09 Å². The van der Waals surface area contributed by atoms with E-state index in [1.165, 1.54) is 0 Å². The normalized spacial score (nSPS) is 27.1. The number of carbonyl (C=O) groups excluding carboxylic acids is 2. The highest BCUT2D eigenvalue weighted by Gasteiger charge is 2.57. The summed E-state index contributed by atoms with van der Waals surface area (Å²) in [7, 11) is 0. The molecule has 1 N–H and O–H groups in total. The van der Waals surface area contributed by atoms with Crippen LogP contribution in [0.5, 0.6) is 0 Å². The second kappa shape index (κ2) is 5.72. The summed E-state index contributed by atoms with van der Waals surface area (Å²) in [6, 6.07) is -0.570. The van der Waals surface area contributed by atoms with E-state index in [1.54, 1.807) is 27.7 Å². The molecule has 0 spiro atoms. The topological polar surface area (TPSA) is 67.9 Å². The van der Waals surface area contributed by atoms with E-state index in [9.17, 15) is 9.59 Å². The number of epoxide rings is 1. The minimum atomic E-state index is -0.769. The van der Waals surface area contributed by atoms with Gasteiger partial charge in [0.05, 0.1) is 12.1 Å². The van der Waals surface area contributed by atoms with Crippen LogP contribution in [0, 0.1) is 5.92 Å². The quantitative estimate of drug-likeness (QED) is 0.789. The van der Waals surface area contributed by atoms with E-state index >= 15 is 0 Å². The highest BCUT2D eigenvalue weighted by atomic mass is 16.6. The number of hydrogen-bond acceptors (Lipinski definition) is 4. The SMILES string of the molecule is CC(C)C[C@H](NC(=O)OC(C)(C)C)C(=O)[C@]1(C)O[C@@H]1C. The van der Waals surface area contributed by atoms with Gasteiger partial charge in [-0.05, 0) is 47.0 Å². The van der Waals surface area contributed by atoms with Crippen molar-refractivity contribution < 1.29 is 19.1 Å². The monoisotopic (exact) mass is 285 g/mol. The Kier molecular flexibility index (Phi) is 4.85.